The van der Waals surface area contributed by atoms with E-state index in [4.69, 9.17) is 4.18 Å². The first-order chi connectivity index (χ1) is 18.0. The fourth-order valence-corrected chi connectivity index (χ4v) is 6.53. The number of hydrogen-bond acceptors (Lipinski definition) is 4. The molecule has 0 saturated carbocycles. The van der Waals surface area contributed by atoms with E-state index in [2.05, 4.69) is 77.7 Å². The molecule has 0 N–H and O–H groups in total. The molecule has 37 heavy (non-hydrogen) atoms. The Morgan fingerprint density at radius 3 is 1.73 bits per heavy atom. The zero-order chi connectivity index (χ0) is 25.7. The van der Waals surface area contributed by atoms with Crippen LogP contribution in [0.15, 0.2) is 120 Å². The van der Waals surface area contributed by atoms with Crippen LogP contribution in [0.25, 0.3) is 0 Å². The number of hydrogen-bond donors (Lipinski definition) is 0. The lowest BCUT2D eigenvalue weighted by Gasteiger charge is -2.49. The van der Waals surface area contributed by atoms with Gasteiger partial charge in [-0.25, -0.2) is 0 Å². The molecular weight excluding hydrogens is 478 g/mol. The van der Waals surface area contributed by atoms with E-state index in [-0.39, 0.29) is 17.4 Å². The van der Waals surface area contributed by atoms with E-state index in [1.165, 1.54) is 16.7 Å². The second-order valence-corrected chi connectivity index (χ2v) is 11.4. The Labute approximate surface area is 220 Å². The largest absolute Gasteiger partial charge is 0.296 e. The van der Waals surface area contributed by atoms with Crippen LogP contribution < -0.4 is 0 Å². The van der Waals surface area contributed by atoms with E-state index < -0.39 is 15.7 Å². The van der Waals surface area contributed by atoms with Crippen LogP contribution in [0.3, 0.4) is 0 Å². The summed E-state index contributed by atoms with van der Waals surface area (Å²) in [7, 11) is -3.80. The molecule has 1 aliphatic rings. The maximum absolute atomic E-state index is 12.9. The minimum Gasteiger partial charge on any atom is -0.286 e. The number of piperidine rings is 1. The molecule has 1 heterocycles. The summed E-state index contributed by atoms with van der Waals surface area (Å²) in [6.07, 6.45) is 1.89. The highest BCUT2D eigenvalue weighted by Gasteiger charge is 2.43. The first-order valence-electron chi connectivity index (χ1n) is 12.9. The minimum atomic E-state index is -3.80. The summed E-state index contributed by atoms with van der Waals surface area (Å²) >= 11 is 0. The van der Waals surface area contributed by atoms with Crippen molar-refractivity contribution in [3.05, 3.63) is 138 Å². The number of likely N-dealkylation sites (tertiary alicyclic amines) is 1. The lowest BCUT2D eigenvalue weighted by Crippen LogP contribution is -2.52. The number of nitrogens with zero attached hydrogens (tertiary/aromatic N) is 1. The van der Waals surface area contributed by atoms with E-state index in [1.54, 1.807) is 24.3 Å². The van der Waals surface area contributed by atoms with Gasteiger partial charge in [0.25, 0.3) is 10.1 Å². The summed E-state index contributed by atoms with van der Waals surface area (Å²) in [5.41, 5.74) is 4.10. The monoisotopic (exact) mass is 511 g/mol. The Morgan fingerprint density at radius 1 is 0.757 bits per heavy atom. The molecule has 0 bridgehead atoms. The highest BCUT2D eigenvalue weighted by molar-refractivity contribution is 7.86. The maximum atomic E-state index is 12.9. The molecule has 5 heteroatoms. The van der Waals surface area contributed by atoms with E-state index in [9.17, 15) is 8.42 Å². The molecule has 4 aromatic rings. The third kappa shape index (κ3) is 5.26. The van der Waals surface area contributed by atoms with Gasteiger partial charge in [0.1, 0.15) is 0 Å². The van der Waals surface area contributed by atoms with Crippen LogP contribution in [-0.2, 0) is 19.8 Å². The van der Waals surface area contributed by atoms with Crippen molar-refractivity contribution in [2.75, 3.05) is 19.7 Å². The van der Waals surface area contributed by atoms with Crippen LogP contribution in [-0.4, -0.2) is 33.0 Å². The highest BCUT2D eigenvalue weighted by atomic mass is 32.2. The number of rotatable bonds is 8. The van der Waals surface area contributed by atoms with Crippen molar-refractivity contribution in [1.82, 2.24) is 4.90 Å². The van der Waals surface area contributed by atoms with Crippen LogP contribution >= 0.6 is 0 Å². The van der Waals surface area contributed by atoms with Gasteiger partial charge >= 0.3 is 0 Å². The summed E-state index contributed by atoms with van der Waals surface area (Å²) in [6.45, 7) is 3.73. The normalized spacial score (nSPS) is 16.9. The Morgan fingerprint density at radius 2 is 1.24 bits per heavy atom. The molecule has 0 aliphatic carbocycles. The molecular formula is C32H33NO3S. The van der Waals surface area contributed by atoms with E-state index in [0.29, 0.717) is 0 Å². The Kier molecular flexibility index (Phi) is 7.56. The minimum absolute atomic E-state index is 0.0875. The maximum Gasteiger partial charge on any atom is 0.296 e. The van der Waals surface area contributed by atoms with Gasteiger partial charge in [-0.2, -0.15) is 8.42 Å². The van der Waals surface area contributed by atoms with Gasteiger partial charge in [0, 0.05) is 6.54 Å². The van der Waals surface area contributed by atoms with Gasteiger partial charge < -0.3 is 0 Å². The zero-order valence-electron chi connectivity index (χ0n) is 21.2. The van der Waals surface area contributed by atoms with E-state index in [1.807, 2.05) is 25.1 Å². The average molecular weight is 512 g/mol. The fraction of sp³-hybridized carbons (Fsp3) is 0.250. The smallest absolute Gasteiger partial charge is 0.286 e. The molecule has 0 amide bonds. The molecule has 1 fully saturated rings. The Bertz CT molecular complexity index is 1290. The molecule has 0 aromatic heterocycles. The summed E-state index contributed by atoms with van der Waals surface area (Å²) in [5.74, 6) is 0.0875. The van der Waals surface area contributed by atoms with Gasteiger partial charge in [-0.15, -0.1) is 0 Å². The van der Waals surface area contributed by atoms with Crippen molar-refractivity contribution < 1.29 is 12.6 Å². The van der Waals surface area contributed by atoms with Gasteiger partial charge in [-0.3, -0.25) is 9.08 Å². The van der Waals surface area contributed by atoms with Gasteiger partial charge in [-0.1, -0.05) is 109 Å². The zero-order valence-corrected chi connectivity index (χ0v) is 22.0. The second kappa shape index (κ2) is 11.0. The van der Waals surface area contributed by atoms with Crippen LogP contribution in [0, 0.1) is 12.8 Å². The lowest BCUT2D eigenvalue weighted by atomic mass is 9.74. The predicted octanol–water partition coefficient (Wildman–Crippen LogP) is 6.40. The van der Waals surface area contributed by atoms with Crippen molar-refractivity contribution >= 4 is 10.1 Å². The molecule has 1 unspecified atom stereocenters. The third-order valence-corrected chi connectivity index (χ3v) is 8.63. The van der Waals surface area contributed by atoms with Crippen LogP contribution in [0.5, 0.6) is 0 Å². The molecule has 4 aromatic carbocycles. The van der Waals surface area contributed by atoms with Gasteiger partial charge in [0.05, 0.1) is 17.0 Å². The standard InChI is InChI=1S/C32H33NO3S/c1-26-19-21-31(22-20-26)37(34,35)36-25-27-12-11-23-33(24-27)32(28-13-5-2-6-14-28,29-15-7-3-8-16-29)30-17-9-4-10-18-30/h2-10,13-22,27H,11-12,23-25H2,1H3. The van der Waals surface area contributed by atoms with Crippen molar-refractivity contribution in [2.24, 2.45) is 5.92 Å². The molecule has 0 spiro atoms. The van der Waals surface area contributed by atoms with Crippen molar-refractivity contribution in [3.63, 3.8) is 0 Å². The Hall–Kier alpha value is -3.25. The van der Waals surface area contributed by atoms with Crippen molar-refractivity contribution in [1.29, 1.82) is 0 Å². The lowest BCUT2D eigenvalue weighted by molar-refractivity contribution is 0.0728. The molecule has 1 atom stereocenters. The summed E-state index contributed by atoms with van der Waals surface area (Å²) in [6, 6.07) is 38.7. The van der Waals surface area contributed by atoms with Gasteiger partial charge in [0.2, 0.25) is 0 Å². The molecule has 4 nitrogen and oxygen atoms in total. The van der Waals surface area contributed by atoms with Crippen LogP contribution in [0.1, 0.15) is 35.1 Å². The average Bonchev–Trinajstić information content (AvgIpc) is 2.95. The molecule has 190 valence electrons. The van der Waals surface area contributed by atoms with Gasteiger partial charge in [-0.05, 0) is 61.1 Å². The fourth-order valence-electron chi connectivity index (χ4n) is 5.55. The second-order valence-electron chi connectivity index (χ2n) is 9.81. The molecule has 5 rings (SSSR count). The predicted molar refractivity (Wildman–Crippen MR) is 148 cm³/mol. The first kappa shape index (κ1) is 25.4. The topological polar surface area (TPSA) is 46.6 Å². The molecule has 0 radical (unpaired) electrons. The SMILES string of the molecule is Cc1ccc(S(=O)(=O)OCC2CCCN(C(c3ccccc3)(c3ccccc3)c3ccccc3)C2)cc1. The summed E-state index contributed by atoms with van der Waals surface area (Å²) in [5, 5.41) is 0. The molecule has 1 aliphatic heterocycles. The quantitative estimate of drug-likeness (QED) is 0.203. The number of benzene rings is 4. The van der Waals surface area contributed by atoms with Crippen LogP contribution in [0.2, 0.25) is 0 Å². The van der Waals surface area contributed by atoms with E-state index in [0.717, 1.165) is 31.5 Å². The first-order valence-corrected chi connectivity index (χ1v) is 14.3. The van der Waals surface area contributed by atoms with E-state index >= 15 is 0 Å². The Balaban J connectivity index is 1.50. The highest BCUT2D eigenvalue weighted by Crippen LogP contribution is 2.44. The van der Waals surface area contributed by atoms with Gasteiger partial charge in [0.15, 0.2) is 0 Å². The summed E-state index contributed by atoms with van der Waals surface area (Å²) < 4.78 is 31.4. The molecule has 1 saturated heterocycles. The van der Waals surface area contributed by atoms with Crippen molar-refractivity contribution in [3.8, 4) is 0 Å². The number of aryl methyl sites for hydroxylation is 1. The van der Waals surface area contributed by atoms with Crippen molar-refractivity contribution in [2.45, 2.75) is 30.2 Å². The summed E-state index contributed by atoms with van der Waals surface area (Å²) in [4.78, 5) is 2.72. The third-order valence-electron chi connectivity index (χ3n) is 7.34. The van der Waals surface area contributed by atoms with Crippen LogP contribution in [0.4, 0.5) is 0 Å².